The molecule has 0 aliphatic carbocycles. The number of fused-ring (bicyclic) bond motifs is 1. The Morgan fingerprint density at radius 3 is 2.67 bits per heavy atom. The van der Waals surface area contributed by atoms with Crippen LogP contribution in [0.15, 0.2) is 49.1 Å². The zero-order chi connectivity index (χ0) is 27.8. The normalized spacial score (nSPS) is 12.9. The summed E-state index contributed by atoms with van der Waals surface area (Å²) < 4.78 is 8.35. The lowest BCUT2D eigenvalue weighted by atomic mass is 10.0. The van der Waals surface area contributed by atoms with Crippen molar-refractivity contribution in [2.24, 2.45) is 0 Å². The topological polar surface area (TPSA) is 130 Å². The summed E-state index contributed by atoms with van der Waals surface area (Å²) in [7, 11) is 0. The van der Waals surface area contributed by atoms with Crippen molar-refractivity contribution in [3.8, 4) is 17.3 Å². The molecule has 5 rings (SSSR count). The Kier molecular flexibility index (Phi) is 9.01. The predicted octanol–water partition coefficient (Wildman–Crippen LogP) is 3.69. The highest BCUT2D eigenvalue weighted by atomic mass is 16.5. The van der Waals surface area contributed by atoms with Crippen molar-refractivity contribution in [3.63, 3.8) is 0 Å². The molecular formula is C28H32N8O3. The minimum absolute atomic E-state index is 0.0120. The van der Waals surface area contributed by atoms with Gasteiger partial charge in [0.25, 0.3) is 5.91 Å². The third kappa shape index (κ3) is 6.48. The minimum Gasteiger partial charge on any atom is -0.378 e. The van der Waals surface area contributed by atoms with Gasteiger partial charge in [0.05, 0.1) is 36.7 Å². The third-order valence-corrected chi connectivity index (χ3v) is 6.32. The van der Waals surface area contributed by atoms with Gasteiger partial charge in [0.2, 0.25) is 5.91 Å². The number of carbonyl (C=O) groups excluding carboxylic acids is 2. The summed E-state index contributed by atoms with van der Waals surface area (Å²) in [4.78, 5) is 32.0. The van der Waals surface area contributed by atoms with E-state index < -0.39 is 5.91 Å². The van der Waals surface area contributed by atoms with Crippen molar-refractivity contribution in [3.05, 3.63) is 65.7 Å². The van der Waals surface area contributed by atoms with E-state index in [0.29, 0.717) is 60.0 Å². The molecule has 1 aromatic carbocycles. The lowest BCUT2D eigenvalue weighted by Crippen LogP contribution is -2.42. The van der Waals surface area contributed by atoms with Gasteiger partial charge in [0, 0.05) is 37.2 Å². The van der Waals surface area contributed by atoms with Gasteiger partial charge >= 0.3 is 0 Å². The van der Waals surface area contributed by atoms with Crippen LogP contribution in [0.1, 0.15) is 48.2 Å². The first kappa shape index (κ1) is 27.5. The Morgan fingerprint density at radius 1 is 1.18 bits per heavy atom. The number of nitrogens with one attached hydrogen (secondary N) is 1. The van der Waals surface area contributed by atoms with Crippen molar-refractivity contribution in [1.29, 1.82) is 5.26 Å². The highest BCUT2D eigenvalue weighted by molar-refractivity contribution is 6.09. The maximum Gasteiger partial charge on any atom is 0.261 e. The first-order valence-electron chi connectivity index (χ1n) is 13.0. The largest absolute Gasteiger partial charge is 0.378 e. The van der Waals surface area contributed by atoms with Crippen molar-refractivity contribution in [2.75, 3.05) is 31.6 Å². The Balaban J connectivity index is 0.000000826. The molecule has 1 saturated heterocycles. The number of carbonyl (C=O) groups is 2. The van der Waals surface area contributed by atoms with Gasteiger partial charge in [-0.15, -0.1) is 0 Å². The molecule has 0 unspecified atom stereocenters. The van der Waals surface area contributed by atoms with Gasteiger partial charge in [-0.25, -0.2) is 9.50 Å². The molecule has 0 spiro atoms. The number of nitriles is 1. The van der Waals surface area contributed by atoms with Crippen LogP contribution >= 0.6 is 0 Å². The third-order valence-electron chi connectivity index (χ3n) is 6.32. The highest BCUT2D eigenvalue weighted by Gasteiger charge is 2.22. The summed E-state index contributed by atoms with van der Waals surface area (Å²) in [6.45, 7) is 8.34. The monoisotopic (exact) mass is 528 g/mol. The van der Waals surface area contributed by atoms with E-state index in [2.05, 4.69) is 40.4 Å². The number of unbranched alkanes of at least 4 members (excludes halogenated alkanes) is 1. The molecule has 4 aromatic rings. The zero-order valence-electron chi connectivity index (χ0n) is 22.4. The van der Waals surface area contributed by atoms with E-state index in [9.17, 15) is 14.9 Å². The molecule has 0 saturated carbocycles. The summed E-state index contributed by atoms with van der Waals surface area (Å²) in [5.41, 5.74) is 3.64. The first-order chi connectivity index (χ1) is 18.9. The van der Waals surface area contributed by atoms with E-state index in [-0.39, 0.29) is 12.5 Å². The SMILES string of the molecule is CCCC.Cc1ccc(C#N)cc1-c1nn(CC(=O)N2CCOCC2)cc1NC(=O)c1cnn2cccnc12. The number of benzene rings is 1. The number of anilines is 1. The summed E-state index contributed by atoms with van der Waals surface area (Å²) in [6, 6.07) is 9.13. The smallest absolute Gasteiger partial charge is 0.261 e. The molecule has 11 nitrogen and oxygen atoms in total. The highest BCUT2D eigenvalue weighted by Crippen LogP contribution is 2.31. The maximum atomic E-state index is 13.2. The van der Waals surface area contributed by atoms with Gasteiger partial charge in [-0.2, -0.15) is 15.5 Å². The van der Waals surface area contributed by atoms with E-state index in [4.69, 9.17) is 4.74 Å². The Morgan fingerprint density at radius 2 is 1.95 bits per heavy atom. The fourth-order valence-corrected chi connectivity index (χ4v) is 3.97. The molecule has 0 radical (unpaired) electrons. The lowest BCUT2D eigenvalue weighted by molar-refractivity contribution is -0.136. The average Bonchev–Trinajstić information content (AvgIpc) is 3.58. The number of morpholine rings is 1. The van der Waals surface area contributed by atoms with Crippen molar-refractivity contribution in [1.82, 2.24) is 29.3 Å². The second kappa shape index (κ2) is 12.8. The number of rotatable bonds is 6. The predicted molar refractivity (Wildman–Crippen MR) is 146 cm³/mol. The number of ether oxygens (including phenoxy) is 1. The molecule has 39 heavy (non-hydrogen) atoms. The van der Waals surface area contributed by atoms with Crippen LogP contribution in [0.3, 0.4) is 0 Å². The molecule has 3 aromatic heterocycles. The van der Waals surface area contributed by atoms with Crippen LogP contribution in [0.4, 0.5) is 5.69 Å². The summed E-state index contributed by atoms with van der Waals surface area (Å²) in [5, 5.41) is 21.1. The number of aromatic nitrogens is 5. The van der Waals surface area contributed by atoms with Crippen LogP contribution in [-0.4, -0.2) is 67.4 Å². The Bertz CT molecular complexity index is 1490. The van der Waals surface area contributed by atoms with E-state index >= 15 is 0 Å². The maximum absolute atomic E-state index is 13.2. The van der Waals surface area contributed by atoms with Gasteiger partial charge < -0.3 is 15.0 Å². The van der Waals surface area contributed by atoms with Crippen LogP contribution < -0.4 is 5.32 Å². The van der Waals surface area contributed by atoms with Crippen LogP contribution in [0, 0.1) is 18.3 Å². The Hall–Kier alpha value is -4.56. The van der Waals surface area contributed by atoms with Gasteiger partial charge in [-0.1, -0.05) is 32.8 Å². The molecule has 1 aliphatic rings. The zero-order valence-corrected chi connectivity index (χ0v) is 22.4. The summed E-state index contributed by atoms with van der Waals surface area (Å²) in [5.74, 6) is -0.498. The number of hydrogen-bond donors (Lipinski definition) is 1. The molecular weight excluding hydrogens is 496 g/mol. The van der Waals surface area contributed by atoms with E-state index in [0.717, 1.165) is 5.56 Å². The standard InChI is InChI=1S/C24H22N8O3.C4H10/c1-16-3-4-17(12-25)11-18(16)22-20(14-31(29-22)15-21(33)30-7-9-35-10-8-30)28-24(34)19-13-27-32-6-2-5-26-23(19)32;1-3-4-2/h2-6,11,13-14H,7-10,15H2,1H3,(H,28,34);3-4H2,1-2H3. The van der Waals surface area contributed by atoms with E-state index in [1.165, 1.54) is 28.2 Å². The molecule has 1 fully saturated rings. The van der Waals surface area contributed by atoms with Gasteiger partial charge in [-0.3, -0.25) is 14.3 Å². The van der Waals surface area contributed by atoms with Crippen LogP contribution in [0.5, 0.6) is 0 Å². The van der Waals surface area contributed by atoms with Crippen LogP contribution in [0.2, 0.25) is 0 Å². The molecule has 1 N–H and O–H groups in total. The average molecular weight is 529 g/mol. The van der Waals surface area contributed by atoms with E-state index in [1.807, 2.05) is 13.0 Å². The summed E-state index contributed by atoms with van der Waals surface area (Å²) in [6.07, 6.45) is 9.01. The molecule has 4 heterocycles. The van der Waals surface area contributed by atoms with Crippen molar-refractivity contribution in [2.45, 2.75) is 40.2 Å². The van der Waals surface area contributed by atoms with Gasteiger partial charge in [0.1, 0.15) is 17.8 Å². The van der Waals surface area contributed by atoms with Crippen molar-refractivity contribution < 1.29 is 14.3 Å². The molecule has 0 atom stereocenters. The van der Waals surface area contributed by atoms with Crippen LogP contribution in [-0.2, 0) is 16.1 Å². The number of amides is 2. The van der Waals surface area contributed by atoms with Crippen LogP contribution in [0.25, 0.3) is 16.9 Å². The Labute approximate surface area is 227 Å². The number of hydrogen-bond acceptors (Lipinski definition) is 7. The number of aryl methyl sites for hydroxylation is 1. The van der Waals surface area contributed by atoms with Crippen molar-refractivity contribution >= 4 is 23.1 Å². The van der Waals surface area contributed by atoms with E-state index in [1.54, 1.807) is 41.7 Å². The molecule has 1 aliphatic heterocycles. The van der Waals surface area contributed by atoms with Gasteiger partial charge in [-0.05, 0) is 30.7 Å². The molecule has 2 amide bonds. The summed E-state index contributed by atoms with van der Waals surface area (Å²) >= 11 is 0. The van der Waals surface area contributed by atoms with Gasteiger partial charge in [0.15, 0.2) is 5.65 Å². The number of nitrogens with zero attached hydrogens (tertiary/aromatic N) is 7. The lowest BCUT2D eigenvalue weighted by Gasteiger charge is -2.26. The second-order valence-electron chi connectivity index (χ2n) is 9.12. The molecule has 0 bridgehead atoms. The second-order valence-corrected chi connectivity index (χ2v) is 9.12. The molecule has 202 valence electrons. The first-order valence-corrected chi connectivity index (χ1v) is 13.0. The minimum atomic E-state index is -0.409. The fourth-order valence-electron chi connectivity index (χ4n) is 3.97. The molecule has 11 heteroatoms. The fraction of sp³-hybridized carbons (Fsp3) is 0.357. The quantitative estimate of drug-likeness (QED) is 0.404.